The summed E-state index contributed by atoms with van der Waals surface area (Å²) in [5.41, 5.74) is 0. The molecule has 1 N–H and O–H groups in total. The number of nitrogens with one attached hydrogen (secondary N) is 1. The third kappa shape index (κ3) is 3.58. The molecule has 2 rings (SSSR count). The van der Waals surface area contributed by atoms with E-state index in [9.17, 15) is 0 Å². The molecular formula is C15H27N3O2. The lowest BCUT2D eigenvalue weighted by molar-refractivity contribution is 0.0751. The zero-order chi connectivity index (χ0) is 14.5. The van der Waals surface area contributed by atoms with Crippen LogP contribution in [0.1, 0.15) is 70.2 Å². The molecule has 3 atom stereocenters. The van der Waals surface area contributed by atoms with E-state index in [4.69, 9.17) is 9.26 Å². The smallest absolute Gasteiger partial charge is 0.231 e. The maximum atomic E-state index is 5.51. The zero-order valence-corrected chi connectivity index (χ0v) is 13.1. The lowest BCUT2D eigenvalue weighted by atomic mass is 9.98. The summed E-state index contributed by atoms with van der Waals surface area (Å²) >= 11 is 0. The van der Waals surface area contributed by atoms with E-state index in [-0.39, 0.29) is 12.0 Å². The van der Waals surface area contributed by atoms with Crippen molar-refractivity contribution in [3.8, 4) is 0 Å². The molecule has 5 heteroatoms. The van der Waals surface area contributed by atoms with Gasteiger partial charge in [-0.3, -0.25) is 0 Å². The summed E-state index contributed by atoms with van der Waals surface area (Å²) in [7, 11) is 1.72. The maximum absolute atomic E-state index is 5.51. The van der Waals surface area contributed by atoms with Gasteiger partial charge in [-0.1, -0.05) is 19.0 Å². The molecule has 0 saturated heterocycles. The lowest BCUT2D eigenvalue weighted by Gasteiger charge is -2.20. The number of nitrogens with zero attached hydrogens (tertiary/aromatic N) is 2. The van der Waals surface area contributed by atoms with Crippen molar-refractivity contribution < 1.29 is 9.26 Å². The number of rotatable bonds is 9. The number of hydrogen-bond acceptors (Lipinski definition) is 5. The molecule has 1 heterocycles. The minimum absolute atomic E-state index is 0.00362. The molecule has 114 valence electrons. The first-order valence-corrected chi connectivity index (χ1v) is 7.80. The second kappa shape index (κ2) is 7.18. The zero-order valence-electron chi connectivity index (χ0n) is 13.1. The average molecular weight is 281 g/mol. The van der Waals surface area contributed by atoms with Crippen LogP contribution in [0.3, 0.4) is 0 Å². The second-order valence-electron chi connectivity index (χ2n) is 5.74. The van der Waals surface area contributed by atoms with Gasteiger partial charge in [-0.05, 0) is 45.1 Å². The predicted octanol–water partition coefficient (Wildman–Crippen LogP) is 3.05. The van der Waals surface area contributed by atoms with Gasteiger partial charge in [0.15, 0.2) is 0 Å². The van der Waals surface area contributed by atoms with Gasteiger partial charge in [-0.2, -0.15) is 4.98 Å². The fraction of sp³-hybridized carbons (Fsp3) is 0.867. The Bertz CT molecular complexity index is 404. The largest absolute Gasteiger partial charge is 0.373 e. The molecule has 1 saturated carbocycles. The Labute approximate surface area is 121 Å². The van der Waals surface area contributed by atoms with Crippen LogP contribution in [0.5, 0.6) is 0 Å². The van der Waals surface area contributed by atoms with E-state index in [2.05, 4.69) is 36.2 Å². The third-order valence-corrected chi connectivity index (χ3v) is 4.09. The number of hydrogen-bond donors (Lipinski definition) is 1. The molecule has 1 fully saturated rings. The highest BCUT2D eigenvalue weighted by atomic mass is 16.5. The van der Waals surface area contributed by atoms with Crippen molar-refractivity contribution in [1.82, 2.24) is 15.5 Å². The summed E-state index contributed by atoms with van der Waals surface area (Å²) in [5, 5.41) is 7.65. The Balaban J connectivity index is 2.04. The van der Waals surface area contributed by atoms with Crippen molar-refractivity contribution in [2.45, 2.75) is 64.5 Å². The SMILES string of the molecule is CCCNC(C)C(CC)c1nc(C(OC)C2CC2)no1. The standard InChI is InChI=1S/C15H27N3O2/c1-5-9-16-10(3)12(6-2)15-17-14(18-20-15)13(19-4)11-7-8-11/h10-13,16H,5-9H2,1-4H3. The van der Waals surface area contributed by atoms with Crippen LogP contribution in [0.25, 0.3) is 0 Å². The van der Waals surface area contributed by atoms with Gasteiger partial charge >= 0.3 is 0 Å². The van der Waals surface area contributed by atoms with Crippen LogP contribution in [0.2, 0.25) is 0 Å². The quantitative estimate of drug-likeness (QED) is 0.754. The van der Waals surface area contributed by atoms with Crippen molar-refractivity contribution >= 4 is 0 Å². The first kappa shape index (κ1) is 15.4. The number of methoxy groups -OCH3 is 1. The monoisotopic (exact) mass is 281 g/mol. The highest BCUT2D eigenvalue weighted by Crippen LogP contribution is 2.42. The molecule has 1 aromatic heterocycles. The van der Waals surface area contributed by atoms with Gasteiger partial charge in [0, 0.05) is 13.2 Å². The summed E-state index contributed by atoms with van der Waals surface area (Å²) in [4.78, 5) is 4.60. The highest BCUT2D eigenvalue weighted by molar-refractivity contribution is 5.03. The van der Waals surface area contributed by atoms with Gasteiger partial charge in [-0.15, -0.1) is 0 Å². The average Bonchev–Trinajstić information content (AvgIpc) is 3.17. The van der Waals surface area contributed by atoms with E-state index in [1.54, 1.807) is 7.11 Å². The summed E-state index contributed by atoms with van der Waals surface area (Å²) in [5.74, 6) is 2.29. The Morgan fingerprint density at radius 1 is 1.40 bits per heavy atom. The van der Waals surface area contributed by atoms with Crippen LogP contribution in [0, 0.1) is 5.92 Å². The van der Waals surface area contributed by atoms with Gasteiger partial charge in [0.2, 0.25) is 11.7 Å². The molecule has 0 radical (unpaired) electrons. The Kier molecular flexibility index (Phi) is 5.54. The fourth-order valence-electron chi connectivity index (χ4n) is 2.68. The summed E-state index contributed by atoms with van der Waals surface area (Å²) in [6.07, 6.45) is 4.52. The highest BCUT2D eigenvalue weighted by Gasteiger charge is 2.36. The van der Waals surface area contributed by atoms with Crippen LogP contribution >= 0.6 is 0 Å². The van der Waals surface area contributed by atoms with Crippen molar-refractivity contribution in [3.63, 3.8) is 0 Å². The first-order chi connectivity index (χ1) is 9.71. The predicted molar refractivity (Wildman–Crippen MR) is 77.6 cm³/mol. The van der Waals surface area contributed by atoms with Gasteiger partial charge in [0.25, 0.3) is 0 Å². The van der Waals surface area contributed by atoms with Crippen LogP contribution in [0.15, 0.2) is 4.52 Å². The Morgan fingerprint density at radius 3 is 2.70 bits per heavy atom. The molecule has 0 aromatic carbocycles. The van der Waals surface area contributed by atoms with Gasteiger partial charge in [0.1, 0.15) is 6.10 Å². The van der Waals surface area contributed by atoms with Crippen molar-refractivity contribution in [2.75, 3.05) is 13.7 Å². The second-order valence-corrected chi connectivity index (χ2v) is 5.74. The summed E-state index contributed by atoms with van der Waals surface area (Å²) in [6.45, 7) is 7.53. The van der Waals surface area contributed by atoms with Crippen molar-refractivity contribution in [2.24, 2.45) is 5.92 Å². The van der Waals surface area contributed by atoms with Crippen LogP contribution in [-0.2, 0) is 4.74 Å². The van der Waals surface area contributed by atoms with Gasteiger partial charge < -0.3 is 14.6 Å². The molecule has 1 aromatic rings. The Hall–Kier alpha value is -0.940. The molecule has 0 spiro atoms. The van der Waals surface area contributed by atoms with Gasteiger partial charge in [0.05, 0.1) is 5.92 Å². The molecule has 1 aliphatic carbocycles. The van der Waals surface area contributed by atoms with Gasteiger partial charge in [-0.25, -0.2) is 0 Å². The summed E-state index contributed by atoms with van der Waals surface area (Å²) < 4.78 is 11.0. The van der Waals surface area contributed by atoms with E-state index >= 15 is 0 Å². The maximum Gasteiger partial charge on any atom is 0.231 e. The van der Waals surface area contributed by atoms with E-state index in [0.717, 1.165) is 25.3 Å². The minimum Gasteiger partial charge on any atom is -0.373 e. The van der Waals surface area contributed by atoms with E-state index < -0.39 is 0 Å². The van der Waals surface area contributed by atoms with Crippen LogP contribution in [-0.4, -0.2) is 29.8 Å². The third-order valence-electron chi connectivity index (χ3n) is 4.09. The lowest BCUT2D eigenvalue weighted by Crippen LogP contribution is -2.32. The molecule has 5 nitrogen and oxygen atoms in total. The molecule has 0 aliphatic heterocycles. The van der Waals surface area contributed by atoms with Crippen molar-refractivity contribution in [1.29, 1.82) is 0 Å². The van der Waals surface area contributed by atoms with Crippen LogP contribution in [0.4, 0.5) is 0 Å². The first-order valence-electron chi connectivity index (χ1n) is 7.80. The molecule has 1 aliphatic rings. The molecule has 3 unspecified atom stereocenters. The fourth-order valence-corrected chi connectivity index (χ4v) is 2.68. The van der Waals surface area contributed by atoms with Crippen molar-refractivity contribution in [3.05, 3.63) is 11.7 Å². The number of aromatic nitrogens is 2. The normalized spacial score (nSPS) is 19.8. The minimum atomic E-state index is 0.00362. The topological polar surface area (TPSA) is 60.2 Å². The molecular weight excluding hydrogens is 254 g/mol. The number of ether oxygens (including phenoxy) is 1. The van der Waals surface area contributed by atoms with E-state index in [0.29, 0.717) is 17.8 Å². The van der Waals surface area contributed by atoms with Crippen LogP contribution < -0.4 is 5.32 Å². The Morgan fingerprint density at radius 2 is 2.15 bits per heavy atom. The van der Waals surface area contributed by atoms with E-state index in [1.165, 1.54) is 12.8 Å². The molecule has 0 bridgehead atoms. The van der Waals surface area contributed by atoms with E-state index in [1.807, 2.05) is 0 Å². The molecule has 0 amide bonds. The summed E-state index contributed by atoms with van der Waals surface area (Å²) in [6, 6.07) is 0.343. The molecule has 20 heavy (non-hydrogen) atoms.